The summed E-state index contributed by atoms with van der Waals surface area (Å²) in [6, 6.07) is 4.48. The zero-order chi connectivity index (χ0) is 13.9. The average molecular weight is 281 g/mol. The predicted octanol–water partition coefficient (Wildman–Crippen LogP) is 3.15. The van der Waals surface area contributed by atoms with Crippen molar-refractivity contribution in [2.75, 3.05) is 19.9 Å². The highest BCUT2D eigenvalue weighted by molar-refractivity contribution is 5.57. The molecule has 0 saturated carbocycles. The van der Waals surface area contributed by atoms with Gasteiger partial charge in [-0.3, -0.25) is 4.90 Å². The number of benzene rings is 1. The van der Waals surface area contributed by atoms with E-state index in [1.54, 1.807) is 0 Å². The largest absolute Gasteiger partial charge is 0.454 e. The Bertz CT molecular complexity index is 676. The Morgan fingerprint density at radius 2 is 2.05 bits per heavy atom. The van der Waals surface area contributed by atoms with Crippen LogP contribution in [0.2, 0.25) is 0 Å². The van der Waals surface area contributed by atoms with Gasteiger partial charge in [-0.15, -0.1) is 0 Å². The number of rotatable bonds is 0. The van der Waals surface area contributed by atoms with Crippen molar-refractivity contribution in [3.63, 3.8) is 0 Å². The van der Waals surface area contributed by atoms with Gasteiger partial charge in [-0.1, -0.05) is 18.2 Å². The topological polar surface area (TPSA) is 21.7 Å². The van der Waals surface area contributed by atoms with Crippen LogP contribution in [-0.4, -0.2) is 24.8 Å². The molecule has 0 bridgehead atoms. The quantitative estimate of drug-likeness (QED) is 0.729. The number of ether oxygens (including phenoxy) is 2. The Morgan fingerprint density at radius 1 is 1.14 bits per heavy atom. The van der Waals surface area contributed by atoms with Gasteiger partial charge in [0, 0.05) is 6.54 Å². The summed E-state index contributed by atoms with van der Waals surface area (Å²) in [5.74, 6) is 1.85. The number of fused-ring (bicyclic) bond motifs is 2. The highest BCUT2D eigenvalue weighted by Gasteiger charge is 2.47. The number of nitrogens with zero attached hydrogens (tertiary/aromatic N) is 1. The zero-order valence-corrected chi connectivity index (χ0v) is 12.1. The minimum absolute atomic E-state index is 0.0849. The summed E-state index contributed by atoms with van der Waals surface area (Å²) in [5, 5.41) is 0. The highest BCUT2D eigenvalue weighted by atomic mass is 16.7. The van der Waals surface area contributed by atoms with Crippen molar-refractivity contribution < 1.29 is 9.47 Å². The minimum atomic E-state index is 0.0849. The van der Waals surface area contributed by atoms with E-state index in [1.807, 2.05) is 0 Å². The maximum atomic E-state index is 5.65. The van der Waals surface area contributed by atoms with Crippen LogP contribution in [0, 0.1) is 0 Å². The second-order valence-corrected chi connectivity index (χ2v) is 6.37. The third-order valence-corrected chi connectivity index (χ3v) is 5.44. The molecule has 3 aliphatic heterocycles. The van der Waals surface area contributed by atoms with E-state index in [4.69, 9.17) is 9.47 Å². The van der Waals surface area contributed by atoms with Crippen molar-refractivity contribution in [1.82, 2.24) is 4.90 Å². The molecule has 1 aromatic carbocycles. The van der Waals surface area contributed by atoms with E-state index in [1.165, 1.54) is 36.1 Å². The number of allylic oxidation sites excluding steroid dienone is 1. The Hall–Kier alpha value is -1.74. The summed E-state index contributed by atoms with van der Waals surface area (Å²) in [6.07, 6.45) is 11.8. The molecule has 0 radical (unpaired) electrons. The van der Waals surface area contributed by atoms with Gasteiger partial charge in [-0.2, -0.15) is 0 Å². The Morgan fingerprint density at radius 3 is 3.00 bits per heavy atom. The van der Waals surface area contributed by atoms with Crippen molar-refractivity contribution in [3.05, 3.63) is 47.1 Å². The summed E-state index contributed by atoms with van der Waals surface area (Å²) >= 11 is 0. The van der Waals surface area contributed by atoms with Gasteiger partial charge in [-0.05, 0) is 61.1 Å². The molecule has 1 spiro atoms. The standard InChI is InChI=1S/C18H19NO2/c1-2-7-18-14(5-1)6-9-19(18)8-3-4-13-10-16-17(11-15(13)18)21-12-20-16/h1,5-6,10-11H,2-4,7-9,12H2. The maximum Gasteiger partial charge on any atom is 0.231 e. The lowest BCUT2D eigenvalue weighted by atomic mass is 9.75. The van der Waals surface area contributed by atoms with Crippen LogP contribution in [0.3, 0.4) is 0 Å². The van der Waals surface area contributed by atoms with Crippen LogP contribution < -0.4 is 9.47 Å². The van der Waals surface area contributed by atoms with Gasteiger partial charge in [0.2, 0.25) is 6.79 Å². The van der Waals surface area contributed by atoms with Crippen LogP contribution in [0.4, 0.5) is 0 Å². The monoisotopic (exact) mass is 281 g/mol. The molecule has 21 heavy (non-hydrogen) atoms. The SMILES string of the molecule is C1=CC2=CCN3CCCc4cc5c(cc4C23CC1)OCO5. The molecule has 0 aromatic heterocycles. The van der Waals surface area contributed by atoms with Crippen molar-refractivity contribution >= 4 is 0 Å². The van der Waals surface area contributed by atoms with Gasteiger partial charge in [0.15, 0.2) is 11.5 Å². The number of aryl methyl sites for hydroxylation is 1. The molecule has 5 rings (SSSR count). The molecule has 0 N–H and O–H groups in total. The van der Waals surface area contributed by atoms with E-state index in [0.717, 1.165) is 30.9 Å². The van der Waals surface area contributed by atoms with E-state index in [2.05, 4.69) is 35.3 Å². The molecular weight excluding hydrogens is 262 g/mol. The van der Waals surface area contributed by atoms with Gasteiger partial charge >= 0.3 is 0 Å². The third-order valence-electron chi connectivity index (χ3n) is 5.44. The van der Waals surface area contributed by atoms with Gasteiger partial charge in [-0.25, -0.2) is 0 Å². The van der Waals surface area contributed by atoms with Crippen LogP contribution in [0.15, 0.2) is 35.9 Å². The van der Waals surface area contributed by atoms with Gasteiger partial charge in [0.1, 0.15) is 0 Å². The zero-order valence-electron chi connectivity index (χ0n) is 12.1. The first-order valence-electron chi connectivity index (χ1n) is 7.93. The van der Waals surface area contributed by atoms with E-state index < -0.39 is 0 Å². The molecule has 1 aliphatic carbocycles. The van der Waals surface area contributed by atoms with E-state index in [0.29, 0.717) is 6.79 Å². The van der Waals surface area contributed by atoms with Gasteiger partial charge in [0.25, 0.3) is 0 Å². The van der Waals surface area contributed by atoms with Crippen molar-refractivity contribution in [2.45, 2.75) is 31.2 Å². The molecule has 4 aliphatic rings. The Labute approximate surface area is 124 Å². The minimum Gasteiger partial charge on any atom is -0.454 e. The molecule has 0 saturated heterocycles. The summed E-state index contributed by atoms with van der Waals surface area (Å²) in [7, 11) is 0. The fourth-order valence-electron chi connectivity index (χ4n) is 4.51. The molecule has 3 nitrogen and oxygen atoms in total. The highest BCUT2D eigenvalue weighted by Crippen LogP contribution is 2.51. The Balaban J connectivity index is 1.77. The van der Waals surface area contributed by atoms with E-state index >= 15 is 0 Å². The first-order chi connectivity index (χ1) is 10.4. The second kappa shape index (κ2) is 4.14. The summed E-state index contributed by atoms with van der Waals surface area (Å²) in [4.78, 5) is 2.67. The molecule has 1 aromatic rings. The van der Waals surface area contributed by atoms with Crippen LogP contribution in [0.25, 0.3) is 0 Å². The predicted molar refractivity (Wildman–Crippen MR) is 80.6 cm³/mol. The van der Waals surface area contributed by atoms with Crippen molar-refractivity contribution in [3.8, 4) is 11.5 Å². The average Bonchev–Trinajstić information content (AvgIpc) is 3.08. The lowest BCUT2D eigenvalue weighted by Gasteiger charge is -2.42. The smallest absolute Gasteiger partial charge is 0.231 e. The molecule has 1 unspecified atom stereocenters. The van der Waals surface area contributed by atoms with Gasteiger partial charge < -0.3 is 9.47 Å². The van der Waals surface area contributed by atoms with E-state index in [9.17, 15) is 0 Å². The molecule has 3 heterocycles. The van der Waals surface area contributed by atoms with Crippen molar-refractivity contribution in [1.29, 1.82) is 0 Å². The fraction of sp³-hybridized carbons (Fsp3) is 0.444. The van der Waals surface area contributed by atoms with Crippen LogP contribution in [0.1, 0.15) is 30.4 Å². The van der Waals surface area contributed by atoms with Crippen LogP contribution in [0.5, 0.6) is 11.5 Å². The maximum absolute atomic E-state index is 5.65. The molecular formula is C18H19NO2. The summed E-state index contributed by atoms with van der Waals surface area (Å²) < 4.78 is 11.2. The van der Waals surface area contributed by atoms with Crippen LogP contribution in [-0.2, 0) is 12.0 Å². The molecule has 108 valence electrons. The number of hydrogen-bond donors (Lipinski definition) is 0. The molecule has 3 heteroatoms. The summed E-state index contributed by atoms with van der Waals surface area (Å²) in [5.41, 5.74) is 4.47. The first-order valence-corrected chi connectivity index (χ1v) is 7.93. The normalized spacial score (nSPS) is 29.4. The van der Waals surface area contributed by atoms with Gasteiger partial charge in [0.05, 0.1) is 5.54 Å². The molecule has 0 amide bonds. The fourth-order valence-corrected chi connectivity index (χ4v) is 4.51. The molecule has 0 fully saturated rings. The lowest BCUT2D eigenvalue weighted by Crippen LogP contribution is -2.44. The first kappa shape index (κ1) is 11.9. The lowest BCUT2D eigenvalue weighted by molar-refractivity contribution is 0.148. The number of hydrogen-bond acceptors (Lipinski definition) is 3. The van der Waals surface area contributed by atoms with E-state index in [-0.39, 0.29) is 5.54 Å². The summed E-state index contributed by atoms with van der Waals surface area (Å²) in [6.45, 7) is 2.61. The van der Waals surface area contributed by atoms with Crippen molar-refractivity contribution in [2.24, 2.45) is 0 Å². The second-order valence-electron chi connectivity index (χ2n) is 6.37. The third kappa shape index (κ3) is 1.47. The molecule has 1 atom stereocenters. The van der Waals surface area contributed by atoms with Crippen LogP contribution >= 0.6 is 0 Å². The Kier molecular flexibility index (Phi) is 2.34.